The molecule has 5 aromatic rings. The number of nitrogens with two attached hydrogens (primary N) is 1. The van der Waals surface area contributed by atoms with Crippen LogP contribution in [0.2, 0.25) is 0 Å². The molecule has 1 aromatic carbocycles. The zero-order valence-electron chi connectivity index (χ0n) is 30.4. The second-order valence-electron chi connectivity index (χ2n) is 15.6. The molecule has 9 rings (SSSR count). The van der Waals surface area contributed by atoms with Crippen molar-refractivity contribution in [3.63, 3.8) is 0 Å². The van der Waals surface area contributed by atoms with E-state index in [0.717, 1.165) is 85.0 Å². The smallest absolute Gasteiger partial charge is 0.264 e. The first kappa shape index (κ1) is 34.0. The number of carbonyl (C=O) groups is 2. The molecule has 2 amide bonds. The van der Waals surface area contributed by atoms with E-state index in [-0.39, 0.29) is 36.1 Å². The number of carbonyl (C=O) groups excluding carboxylic acids is 2. The molecule has 1 saturated heterocycles. The Labute approximate surface area is 308 Å². The Bertz CT molecular complexity index is 2210. The number of hydrogen-bond donors (Lipinski definition) is 2. The number of aromatic nitrogens is 5. The Morgan fingerprint density at radius 1 is 1.02 bits per heavy atom. The van der Waals surface area contributed by atoms with Gasteiger partial charge in [-0.15, -0.1) is 0 Å². The van der Waals surface area contributed by atoms with Crippen LogP contribution >= 0.6 is 0 Å². The van der Waals surface area contributed by atoms with Crippen molar-refractivity contribution >= 4 is 33.9 Å². The molecular formula is C41H47FN8O3. The third-order valence-corrected chi connectivity index (χ3v) is 12.2. The lowest BCUT2D eigenvalue weighted by molar-refractivity contribution is -0.135. The highest BCUT2D eigenvalue weighted by Gasteiger charge is 2.43. The van der Waals surface area contributed by atoms with Gasteiger partial charge in [0.05, 0.1) is 35.8 Å². The fourth-order valence-electron chi connectivity index (χ4n) is 9.07. The van der Waals surface area contributed by atoms with E-state index in [1.54, 1.807) is 25.3 Å². The summed E-state index contributed by atoms with van der Waals surface area (Å²) >= 11 is 0. The zero-order valence-corrected chi connectivity index (χ0v) is 30.4. The first-order valence-corrected chi connectivity index (χ1v) is 19.3. The summed E-state index contributed by atoms with van der Waals surface area (Å²) in [5.74, 6) is 1.25. The molecule has 4 bridgehead atoms. The molecule has 2 aliphatic heterocycles. The molecule has 0 unspecified atom stereocenters. The number of methoxy groups -OCH3 is 1. The second-order valence-corrected chi connectivity index (χ2v) is 15.6. The summed E-state index contributed by atoms with van der Waals surface area (Å²) in [7, 11) is 1.66. The maximum atomic E-state index is 16.6. The number of aryl methyl sites for hydroxylation is 1. The van der Waals surface area contributed by atoms with Gasteiger partial charge in [0.15, 0.2) is 5.82 Å². The number of imidazole rings is 1. The van der Waals surface area contributed by atoms with Gasteiger partial charge >= 0.3 is 0 Å². The minimum absolute atomic E-state index is 0.00554. The van der Waals surface area contributed by atoms with Gasteiger partial charge in [-0.1, -0.05) is 18.9 Å². The van der Waals surface area contributed by atoms with Crippen LogP contribution < -0.4 is 15.8 Å². The number of nitrogens with one attached hydrogen (secondary N) is 1. The lowest BCUT2D eigenvalue weighted by Crippen LogP contribution is -2.51. The van der Waals surface area contributed by atoms with E-state index >= 15 is 4.39 Å². The topological polar surface area (TPSA) is 133 Å². The van der Waals surface area contributed by atoms with Gasteiger partial charge in [-0.3, -0.25) is 14.6 Å². The lowest BCUT2D eigenvalue weighted by Gasteiger charge is -2.37. The van der Waals surface area contributed by atoms with E-state index in [1.165, 1.54) is 6.20 Å². The summed E-state index contributed by atoms with van der Waals surface area (Å²) < 4.78 is 27.2. The maximum Gasteiger partial charge on any atom is 0.264 e. The molecule has 2 saturated carbocycles. The Morgan fingerprint density at radius 2 is 1.85 bits per heavy atom. The standard InChI is InChI=1S/C41H47FN8O3/c1-24-31-15-11-26-21-33(48(37(26)46-31)18-8-4-3-6-16-41(42,40(52)45-24)35-9-5-7-17-44-35)38-47-32-20-27(22-34(53-2)36(32)50(38)28-13-14-28)39(51)49-23-30(43)25-10-12-29(49)19-25/h5,7,9,11,15,17,20-22,24-25,28-30H,3-4,6,8,10,12-14,16,18-19,23,43H2,1-2H3,(H,45,52)/t24-,25-,29+,30+,41-/m1/s1. The van der Waals surface area contributed by atoms with Crippen molar-refractivity contribution in [2.75, 3.05) is 13.7 Å². The van der Waals surface area contributed by atoms with Crippen molar-refractivity contribution in [3.05, 3.63) is 71.7 Å². The quantitative estimate of drug-likeness (QED) is 0.206. The summed E-state index contributed by atoms with van der Waals surface area (Å²) in [5.41, 5.74) is 8.98. The zero-order chi connectivity index (χ0) is 36.4. The molecule has 4 aromatic heterocycles. The molecule has 4 aliphatic rings. The van der Waals surface area contributed by atoms with Gasteiger partial charge in [0, 0.05) is 48.4 Å². The van der Waals surface area contributed by atoms with Crippen LogP contribution in [0.5, 0.6) is 5.75 Å². The second kappa shape index (κ2) is 13.2. The lowest BCUT2D eigenvalue weighted by atomic mass is 9.92. The summed E-state index contributed by atoms with van der Waals surface area (Å²) in [4.78, 5) is 44.3. The Morgan fingerprint density at radius 3 is 2.64 bits per heavy atom. The Balaban J connectivity index is 1.12. The first-order chi connectivity index (χ1) is 25.7. The molecule has 3 N–H and O–H groups in total. The average Bonchev–Trinajstić information content (AvgIpc) is 3.64. The van der Waals surface area contributed by atoms with Gasteiger partial charge in [-0.25, -0.2) is 14.4 Å². The van der Waals surface area contributed by atoms with Crippen LogP contribution in [-0.4, -0.2) is 66.5 Å². The van der Waals surface area contributed by atoms with Crippen molar-refractivity contribution in [3.8, 4) is 17.3 Å². The van der Waals surface area contributed by atoms with E-state index in [2.05, 4.69) is 25.5 Å². The molecule has 6 heterocycles. The number of amides is 2. The predicted octanol–water partition coefficient (Wildman–Crippen LogP) is 6.75. The summed E-state index contributed by atoms with van der Waals surface area (Å²) in [6.45, 7) is 3.11. The molecule has 5 atom stereocenters. The van der Waals surface area contributed by atoms with E-state index in [4.69, 9.17) is 20.4 Å². The largest absolute Gasteiger partial charge is 0.494 e. The van der Waals surface area contributed by atoms with Crippen LogP contribution in [0.4, 0.5) is 4.39 Å². The van der Waals surface area contributed by atoms with Crippen molar-refractivity contribution < 1.29 is 18.7 Å². The number of rotatable bonds is 5. The van der Waals surface area contributed by atoms with Crippen molar-refractivity contribution in [1.29, 1.82) is 0 Å². The molecule has 2 aliphatic carbocycles. The number of pyridine rings is 2. The van der Waals surface area contributed by atoms with Gasteiger partial charge in [0.25, 0.3) is 11.8 Å². The monoisotopic (exact) mass is 718 g/mol. The van der Waals surface area contributed by atoms with E-state index in [9.17, 15) is 9.59 Å². The number of piperidine rings is 1. The van der Waals surface area contributed by atoms with E-state index in [1.807, 2.05) is 36.1 Å². The summed E-state index contributed by atoms with van der Waals surface area (Å²) in [5, 5.41) is 3.88. The normalized spacial score (nSPS) is 26.6. The van der Waals surface area contributed by atoms with Crippen LogP contribution in [0.1, 0.15) is 105 Å². The molecule has 11 nitrogen and oxygen atoms in total. The number of benzene rings is 1. The molecule has 12 heteroatoms. The molecule has 0 spiro atoms. The molecule has 3 fully saturated rings. The van der Waals surface area contributed by atoms with Gasteiger partial charge in [0.2, 0.25) is 5.67 Å². The van der Waals surface area contributed by atoms with Gasteiger partial charge < -0.3 is 29.8 Å². The van der Waals surface area contributed by atoms with Gasteiger partial charge in [-0.05, 0) is 107 Å². The molecule has 276 valence electrons. The third kappa shape index (κ3) is 5.86. The number of fused-ring (bicyclic) bond motifs is 4. The SMILES string of the molecule is COc1cc(C(=O)N2C[C@H](N)[C@@H]3CC[C@H]2C3)cc2nc(-c3cc4ccc5nc4n3CCCCCC[C@@](F)(c3ccccn3)C(=O)N[C@@H]5C)n(C3CC3)c12. The number of ether oxygens (including phenoxy) is 1. The highest BCUT2D eigenvalue weighted by atomic mass is 19.1. The fraction of sp³-hybridized carbons (Fsp3) is 0.488. The number of alkyl halides is 1. The highest BCUT2D eigenvalue weighted by molar-refractivity contribution is 6.00. The van der Waals surface area contributed by atoms with Crippen molar-refractivity contribution in [2.45, 2.75) is 108 Å². The number of halogens is 1. The molecular weight excluding hydrogens is 672 g/mol. The number of likely N-dealkylation sites (tertiary alicyclic amines) is 1. The van der Waals surface area contributed by atoms with Gasteiger partial charge in [0.1, 0.15) is 16.9 Å². The Kier molecular flexibility index (Phi) is 8.48. The molecule has 53 heavy (non-hydrogen) atoms. The number of nitrogens with zero attached hydrogens (tertiary/aromatic N) is 6. The maximum absolute atomic E-state index is 16.6. The van der Waals surface area contributed by atoms with Gasteiger partial charge in [-0.2, -0.15) is 0 Å². The Hall–Kier alpha value is -4.84. The van der Waals surface area contributed by atoms with Crippen LogP contribution in [0.3, 0.4) is 0 Å². The van der Waals surface area contributed by atoms with Crippen LogP contribution in [0, 0.1) is 5.92 Å². The minimum Gasteiger partial charge on any atom is -0.494 e. The van der Waals surface area contributed by atoms with E-state index < -0.39 is 17.6 Å². The third-order valence-electron chi connectivity index (χ3n) is 12.2. The fourth-order valence-corrected chi connectivity index (χ4v) is 9.07. The minimum atomic E-state index is -2.23. The summed E-state index contributed by atoms with van der Waals surface area (Å²) in [6.07, 6.45) is 9.72. The predicted molar refractivity (Wildman–Crippen MR) is 200 cm³/mol. The highest BCUT2D eigenvalue weighted by Crippen LogP contribution is 2.45. The van der Waals surface area contributed by atoms with Crippen LogP contribution in [-0.2, 0) is 17.0 Å². The van der Waals surface area contributed by atoms with Crippen molar-refractivity contribution in [1.82, 2.24) is 34.3 Å². The van der Waals surface area contributed by atoms with Crippen LogP contribution in [0.25, 0.3) is 33.6 Å². The summed E-state index contributed by atoms with van der Waals surface area (Å²) in [6, 6.07) is 14.9. The van der Waals surface area contributed by atoms with Crippen molar-refractivity contribution in [2.24, 2.45) is 11.7 Å². The van der Waals surface area contributed by atoms with E-state index in [0.29, 0.717) is 42.4 Å². The number of hydrogen-bond acceptors (Lipinski definition) is 7. The molecule has 0 radical (unpaired) electrons. The average molecular weight is 719 g/mol. The first-order valence-electron chi connectivity index (χ1n) is 19.3. The van der Waals surface area contributed by atoms with Crippen LogP contribution in [0.15, 0.2) is 54.7 Å².